The van der Waals surface area contributed by atoms with Gasteiger partial charge in [0, 0.05) is 30.9 Å². The zero-order valence-electron chi connectivity index (χ0n) is 18.1. The van der Waals surface area contributed by atoms with Crippen LogP contribution in [0.4, 0.5) is 23.0 Å². The first kappa shape index (κ1) is 22.8. The molecule has 2 aromatic rings. The number of hydrogen-bond acceptors (Lipinski definition) is 11. The minimum Gasteiger partial charge on any atom is -0.378 e. The average molecular weight is 466 g/mol. The predicted molar refractivity (Wildman–Crippen MR) is 125 cm³/mol. The van der Waals surface area contributed by atoms with Gasteiger partial charge in [-0.15, -0.1) is 0 Å². The fourth-order valence-corrected chi connectivity index (χ4v) is 3.89. The molecule has 2 aliphatic rings. The molecule has 1 fully saturated rings. The normalized spacial score (nSPS) is 17.5. The van der Waals surface area contributed by atoms with Crippen LogP contribution in [0.5, 0.6) is 0 Å². The number of nitro groups is 2. The maximum atomic E-state index is 11.3. The van der Waals surface area contributed by atoms with E-state index in [2.05, 4.69) is 25.4 Å². The zero-order chi connectivity index (χ0) is 24.1. The molecule has 34 heavy (non-hydrogen) atoms. The second-order valence-corrected chi connectivity index (χ2v) is 7.57. The van der Waals surface area contributed by atoms with E-state index >= 15 is 0 Å². The third-order valence-electron chi connectivity index (χ3n) is 5.47. The summed E-state index contributed by atoms with van der Waals surface area (Å²) in [5.41, 5.74) is 11.7. The lowest BCUT2D eigenvalue weighted by Gasteiger charge is -2.31. The highest BCUT2D eigenvalue weighted by molar-refractivity contribution is 5.84. The molecular formula is C21H22N8O5. The molecular weight excluding hydrogens is 444 g/mol. The highest BCUT2D eigenvalue weighted by atomic mass is 16.6. The van der Waals surface area contributed by atoms with Crippen LogP contribution in [-0.4, -0.2) is 57.2 Å². The smallest absolute Gasteiger partial charge is 0.354 e. The van der Waals surface area contributed by atoms with E-state index in [1.54, 1.807) is 18.3 Å². The topological polar surface area (TPSA) is 175 Å². The Balaban J connectivity index is 1.63. The number of aromatic nitrogens is 2. The van der Waals surface area contributed by atoms with Crippen LogP contribution in [0.2, 0.25) is 0 Å². The fraction of sp³-hybridized carbons (Fsp3) is 0.286. The van der Waals surface area contributed by atoms with E-state index in [0.717, 1.165) is 35.2 Å². The minimum absolute atomic E-state index is 0.0378. The number of ether oxygens (including phenoxy) is 1. The largest absolute Gasteiger partial charge is 0.378 e. The summed E-state index contributed by atoms with van der Waals surface area (Å²) in [5, 5.41) is 26.4. The van der Waals surface area contributed by atoms with Crippen molar-refractivity contribution >= 4 is 35.3 Å². The second kappa shape index (κ2) is 10.0. The van der Waals surface area contributed by atoms with E-state index in [0.29, 0.717) is 32.7 Å². The summed E-state index contributed by atoms with van der Waals surface area (Å²) >= 11 is 0. The lowest BCUT2D eigenvalue weighted by Crippen LogP contribution is -2.36. The molecule has 1 saturated heterocycles. The number of nitrogens with one attached hydrogen (secondary N) is 1. The van der Waals surface area contributed by atoms with Crippen LogP contribution < -0.4 is 11.2 Å². The van der Waals surface area contributed by atoms with Crippen molar-refractivity contribution in [3.05, 3.63) is 73.2 Å². The number of morpholine rings is 1. The molecule has 13 nitrogen and oxygen atoms in total. The number of allylic oxidation sites excluding steroid dienone is 2. The summed E-state index contributed by atoms with van der Waals surface area (Å²) in [6, 6.07) is 6.39. The Morgan fingerprint density at radius 2 is 1.82 bits per heavy atom. The number of anilines is 2. The van der Waals surface area contributed by atoms with Crippen molar-refractivity contribution in [2.75, 3.05) is 37.5 Å². The molecule has 1 aromatic heterocycles. The van der Waals surface area contributed by atoms with Gasteiger partial charge in [0.25, 0.3) is 5.69 Å². The first-order valence-electron chi connectivity index (χ1n) is 10.5. The summed E-state index contributed by atoms with van der Waals surface area (Å²) in [4.78, 5) is 30.8. The molecule has 0 saturated carbocycles. The quantitative estimate of drug-likeness (QED) is 0.350. The molecule has 13 heteroatoms. The minimum atomic E-state index is -0.660. The van der Waals surface area contributed by atoms with Crippen molar-refractivity contribution in [1.82, 2.24) is 14.9 Å². The first-order valence-corrected chi connectivity index (χ1v) is 10.5. The van der Waals surface area contributed by atoms with Gasteiger partial charge in [0.1, 0.15) is 6.33 Å². The Hall–Kier alpha value is -4.39. The Morgan fingerprint density at radius 3 is 2.50 bits per heavy atom. The molecule has 0 radical (unpaired) electrons. The van der Waals surface area contributed by atoms with E-state index in [-0.39, 0.29) is 17.3 Å². The summed E-state index contributed by atoms with van der Waals surface area (Å²) in [6.07, 6.45) is 6.23. The summed E-state index contributed by atoms with van der Waals surface area (Å²) in [5.74, 6) is -0.345. The summed E-state index contributed by atoms with van der Waals surface area (Å²) in [7, 11) is 0. The van der Waals surface area contributed by atoms with Gasteiger partial charge in [-0.1, -0.05) is 0 Å². The number of hydrogen-bond donors (Lipinski definition) is 2. The van der Waals surface area contributed by atoms with Gasteiger partial charge in [-0.05, 0) is 47.8 Å². The van der Waals surface area contributed by atoms with Crippen molar-refractivity contribution in [1.29, 1.82) is 0 Å². The van der Waals surface area contributed by atoms with Gasteiger partial charge in [0.15, 0.2) is 0 Å². The molecule has 176 valence electrons. The fourth-order valence-electron chi connectivity index (χ4n) is 3.89. The van der Waals surface area contributed by atoms with Crippen LogP contribution in [0.15, 0.2) is 52.5 Å². The van der Waals surface area contributed by atoms with Gasteiger partial charge >= 0.3 is 5.69 Å². The zero-order valence-corrected chi connectivity index (χ0v) is 18.1. The van der Waals surface area contributed by atoms with Gasteiger partial charge in [-0.25, -0.2) is 9.97 Å². The van der Waals surface area contributed by atoms with Gasteiger partial charge < -0.3 is 15.4 Å². The second-order valence-electron chi connectivity index (χ2n) is 7.57. The number of hydrazone groups is 1. The number of nitrogen functional groups attached to an aromatic ring is 1. The predicted octanol–water partition coefficient (Wildman–Crippen LogP) is 2.74. The van der Waals surface area contributed by atoms with Gasteiger partial charge in [0.2, 0.25) is 11.6 Å². The van der Waals surface area contributed by atoms with E-state index in [4.69, 9.17) is 10.5 Å². The maximum Gasteiger partial charge on any atom is 0.354 e. The van der Waals surface area contributed by atoms with Crippen LogP contribution >= 0.6 is 0 Å². The summed E-state index contributed by atoms with van der Waals surface area (Å²) < 4.78 is 5.49. The molecule has 0 spiro atoms. The third-order valence-corrected chi connectivity index (χ3v) is 5.47. The highest BCUT2D eigenvalue weighted by Crippen LogP contribution is 2.35. The Bertz CT molecular complexity index is 1190. The van der Waals surface area contributed by atoms with Gasteiger partial charge in [-0.3, -0.25) is 25.7 Å². The van der Waals surface area contributed by atoms with Crippen LogP contribution in [0.1, 0.15) is 18.4 Å². The lowest BCUT2D eigenvalue weighted by atomic mass is 10.1. The molecule has 0 atom stereocenters. The highest BCUT2D eigenvalue weighted by Gasteiger charge is 2.26. The Morgan fingerprint density at radius 1 is 1.09 bits per heavy atom. The summed E-state index contributed by atoms with van der Waals surface area (Å²) in [6.45, 7) is 2.63. The van der Waals surface area contributed by atoms with Crippen molar-refractivity contribution < 1.29 is 14.6 Å². The Labute approximate surface area is 193 Å². The SMILES string of the molecule is Nc1ncnc(NN=CC2=C(N3CCOCC3)C(=Cc3ccc([N+](=O)[O-])cc3)CC2)c1[N+](=O)[O-]. The molecule has 1 aromatic carbocycles. The van der Waals surface area contributed by atoms with E-state index in [9.17, 15) is 20.2 Å². The first-order chi connectivity index (χ1) is 16.4. The van der Waals surface area contributed by atoms with Crippen molar-refractivity contribution in [2.24, 2.45) is 5.10 Å². The molecule has 2 heterocycles. The standard InChI is InChI=1S/C21H22N8O5/c22-20-19(29(32)33)21(24-13-23-20)26-25-12-16-4-3-15(18(16)27-7-9-34-10-8-27)11-14-1-5-17(6-2-14)28(30)31/h1-2,5-6,11-13H,3-4,7-10H2,(H3,22,23,24,26). The molecule has 0 amide bonds. The molecule has 0 unspecified atom stereocenters. The number of nitro benzene ring substituents is 1. The number of non-ortho nitro benzene ring substituents is 1. The molecule has 4 rings (SSSR count). The van der Waals surface area contributed by atoms with Crippen LogP contribution in [-0.2, 0) is 4.74 Å². The van der Waals surface area contributed by atoms with E-state index in [1.807, 2.05) is 6.08 Å². The monoisotopic (exact) mass is 466 g/mol. The van der Waals surface area contributed by atoms with Crippen LogP contribution in [0.25, 0.3) is 6.08 Å². The van der Waals surface area contributed by atoms with Gasteiger partial charge in [0.05, 0.1) is 29.3 Å². The Kier molecular flexibility index (Phi) is 6.73. The number of benzene rings is 1. The van der Waals surface area contributed by atoms with E-state index in [1.165, 1.54) is 12.1 Å². The van der Waals surface area contributed by atoms with E-state index < -0.39 is 15.5 Å². The van der Waals surface area contributed by atoms with Crippen molar-refractivity contribution in [3.63, 3.8) is 0 Å². The van der Waals surface area contributed by atoms with Crippen molar-refractivity contribution in [3.8, 4) is 0 Å². The lowest BCUT2D eigenvalue weighted by molar-refractivity contribution is -0.384. The van der Waals surface area contributed by atoms with Crippen LogP contribution in [0.3, 0.4) is 0 Å². The number of nitrogens with zero attached hydrogens (tertiary/aromatic N) is 6. The van der Waals surface area contributed by atoms with Crippen molar-refractivity contribution in [2.45, 2.75) is 12.8 Å². The van der Waals surface area contributed by atoms with Crippen LogP contribution in [0, 0.1) is 20.2 Å². The number of rotatable bonds is 7. The molecule has 1 aliphatic carbocycles. The molecule has 1 aliphatic heterocycles. The van der Waals surface area contributed by atoms with Gasteiger partial charge in [-0.2, -0.15) is 5.10 Å². The molecule has 0 bridgehead atoms. The maximum absolute atomic E-state index is 11.3. The molecule has 3 N–H and O–H groups in total. The average Bonchev–Trinajstić information content (AvgIpc) is 3.22. The number of nitrogens with two attached hydrogens (primary N) is 1. The third kappa shape index (κ3) is 4.99.